The number of carboxylic acid groups (broad SMARTS) is 1. The van der Waals surface area contributed by atoms with Crippen LogP contribution in [0, 0.1) is 5.92 Å². The van der Waals surface area contributed by atoms with Gasteiger partial charge in [0.15, 0.2) is 29.9 Å². The molecule has 0 radical (unpaired) electrons. The zero-order valence-electron chi connectivity index (χ0n) is 63.8. The van der Waals surface area contributed by atoms with Gasteiger partial charge in [-0.1, -0.05) is 122 Å². The van der Waals surface area contributed by atoms with Crippen LogP contribution in [0.2, 0.25) is 10.0 Å². The van der Waals surface area contributed by atoms with Crippen LogP contribution in [0.5, 0.6) is 46.0 Å². The Morgan fingerprint density at radius 3 is 1.91 bits per heavy atom. The number of amides is 7. The maximum atomic E-state index is 16.2. The zero-order valence-corrected chi connectivity index (χ0v) is 67.0. The fourth-order valence-electron chi connectivity index (χ4n) is 14.4. The van der Waals surface area contributed by atoms with Gasteiger partial charge in [0.2, 0.25) is 53.4 Å². The van der Waals surface area contributed by atoms with Gasteiger partial charge < -0.3 is 128 Å². The van der Waals surface area contributed by atoms with Gasteiger partial charge in [0, 0.05) is 46.2 Å². The summed E-state index contributed by atoms with van der Waals surface area (Å²) in [6, 6.07) is -0.419. The van der Waals surface area contributed by atoms with Gasteiger partial charge in [0.25, 0.3) is 0 Å². The maximum Gasteiger partial charge on any atom is 0.330 e. The summed E-state index contributed by atoms with van der Waals surface area (Å²) in [6.07, 6.45) is -8.97. The molecule has 0 aliphatic carbocycles. The smallest absolute Gasteiger partial charge is 0.330 e. The van der Waals surface area contributed by atoms with E-state index in [-0.39, 0.29) is 52.0 Å². The van der Waals surface area contributed by atoms with Gasteiger partial charge in [-0.05, 0) is 129 Å². The molecular weight excluding hydrogens is 1580 g/mol. The summed E-state index contributed by atoms with van der Waals surface area (Å²) < 4.78 is 39.5. The Labute approximate surface area is 680 Å². The molecule has 0 spiro atoms. The first-order chi connectivity index (χ1) is 54.7. The Bertz CT molecular complexity index is 4370. The van der Waals surface area contributed by atoms with E-state index in [9.17, 15) is 75.0 Å². The molecule has 33 nitrogen and oxygen atoms in total. The fraction of sp³-hybridized carbons (Fsp3) is 0.513. The van der Waals surface area contributed by atoms with Crippen molar-refractivity contribution in [1.29, 1.82) is 0 Å². The molecule has 12 rings (SSSR count). The molecule has 0 unspecified atom stereocenters. The van der Waals surface area contributed by atoms with E-state index in [1.54, 1.807) is 24.6 Å². The minimum absolute atomic E-state index is 0.0908. The highest BCUT2D eigenvalue weighted by atomic mass is 35.5. The number of aliphatic carboxylic acids is 1. The molecule has 5 aromatic rings. The second-order valence-corrected chi connectivity index (χ2v) is 33.2. The first-order valence-electron chi connectivity index (χ1n) is 37.9. The molecule has 7 aliphatic heterocycles. The molecule has 7 aliphatic rings. The van der Waals surface area contributed by atoms with Crippen LogP contribution in [-0.2, 0) is 52.6 Å². The minimum Gasteiger partial charge on any atom is -0.508 e. The summed E-state index contributed by atoms with van der Waals surface area (Å²) in [6.45, 7) is 8.72. The highest BCUT2D eigenvalue weighted by molar-refractivity contribution is 8.76. The van der Waals surface area contributed by atoms with E-state index in [1.807, 2.05) is 24.6 Å². The first-order valence-corrected chi connectivity index (χ1v) is 41.1. The Kier molecular flexibility index (Phi) is 30.6. The number of aliphatic hydroxyl groups excluding tert-OH is 6. The van der Waals surface area contributed by atoms with Crippen molar-refractivity contribution < 1.29 is 118 Å². The Balaban J connectivity index is 1.14. The number of nitrogens with two attached hydrogens (primary N) is 1. The SMILES string of the molecule is CCCCCCCCCSSCCCN[C@@]1(C)C[C@H](O[C@@H]2[C@@H](Oc3c4cc5cc3Oc3ccc(cc3Cl)[C@@H](O)[C@@H](NC(=O)[C@@H](CC(C)C)NC)C(=O)N[C@@H](CC(N)=O)C(=O)N[C@H]5C(=O)N[C@H]3C(=O)N[C@H](C(=O)N[C@H](C(=O)O)c5cc(O)cc(O)c5-c5cc3ccc5O)[C@H](O)c3ccc(c(Cl)c3)O4)O[C@@H](CO)[C@H](O)[C@@H]2O)O[C@H](C)[C@H]1O. The van der Waals surface area contributed by atoms with Crippen molar-refractivity contribution in [3.05, 3.63) is 117 Å². The van der Waals surface area contributed by atoms with E-state index in [2.05, 4.69) is 49.5 Å². The number of hydrogen-bond acceptors (Lipinski definition) is 27. The number of aromatic hydroxyl groups is 3. The number of carbonyl (C=O) groups excluding carboxylic acids is 7. The Morgan fingerprint density at radius 2 is 1.30 bits per heavy atom. The van der Waals surface area contributed by atoms with E-state index >= 15 is 14.4 Å². The van der Waals surface area contributed by atoms with Crippen molar-refractivity contribution in [2.75, 3.05) is 31.7 Å². The van der Waals surface area contributed by atoms with E-state index in [0.717, 1.165) is 84.7 Å². The number of primary amides is 1. The van der Waals surface area contributed by atoms with Crippen molar-refractivity contribution in [2.45, 2.75) is 214 Å². The highest BCUT2D eigenvalue weighted by Gasteiger charge is 2.52. The van der Waals surface area contributed by atoms with Gasteiger partial charge in [-0.2, -0.15) is 0 Å². The third-order valence-corrected chi connectivity index (χ3v) is 23.7. The molecule has 37 heteroatoms. The Hall–Kier alpha value is -8.50. The molecule has 0 aromatic heterocycles. The first kappa shape index (κ1) is 88.9. The predicted octanol–water partition coefficient (Wildman–Crippen LogP) is 5.26. The van der Waals surface area contributed by atoms with Gasteiger partial charge in [0.05, 0.1) is 41.3 Å². The number of benzene rings is 5. The van der Waals surface area contributed by atoms with Gasteiger partial charge in [-0.15, -0.1) is 0 Å². The largest absolute Gasteiger partial charge is 0.508 e. The van der Waals surface area contributed by atoms with E-state index in [1.165, 1.54) is 57.7 Å². The van der Waals surface area contributed by atoms with Crippen LogP contribution < -0.4 is 62.5 Å². The average molecular weight is 1680 g/mol. The van der Waals surface area contributed by atoms with E-state index in [0.29, 0.717) is 13.0 Å². The molecule has 20 N–H and O–H groups in total. The number of unbranched alkanes of at least 4 members (excludes halogenated alkanes) is 6. The lowest BCUT2D eigenvalue weighted by molar-refractivity contribution is -0.334. The molecule has 0 saturated carbocycles. The number of halogens is 2. The number of phenols is 3. The molecule has 2 fully saturated rings. The third kappa shape index (κ3) is 21.5. The summed E-state index contributed by atoms with van der Waals surface area (Å²) in [5, 5.41) is 136. The summed E-state index contributed by atoms with van der Waals surface area (Å²) in [5.74, 6) is -14.0. The van der Waals surface area contributed by atoms with Crippen molar-refractivity contribution in [2.24, 2.45) is 11.7 Å². The van der Waals surface area contributed by atoms with Crippen molar-refractivity contribution >= 4 is 92.1 Å². The quantitative estimate of drug-likeness (QED) is 0.0235. The van der Waals surface area contributed by atoms with Gasteiger partial charge in [-0.3, -0.25) is 33.6 Å². The second kappa shape index (κ2) is 39.6. The van der Waals surface area contributed by atoms with E-state index < -0.39 is 231 Å². The number of phenolic OH excluding ortho intramolecular Hbond substituents is 3. The number of nitrogens with one attached hydrogen (secondary N) is 8. The van der Waals surface area contributed by atoms with Crippen LogP contribution in [0.15, 0.2) is 78.9 Å². The van der Waals surface area contributed by atoms with Crippen LogP contribution in [0.3, 0.4) is 0 Å². The van der Waals surface area contributed by atoms with Crippen molar-refractivity contribution in [3.63, 3.8) is 0 Å². The number of aliphatic hydroxyl groups is 6. The topological polar surface area (TPSA) is 517 Å². The normalized spacial score (nSPS) is 27.3. The van der Waals surface area contributed by atoms with E-state index in [4.69, 9.17) is 57.4 Å². The maximum absolute atomic E-state index is 16.2. The lowest BCUT2D eigenvalue weighted by atomic mass is 9.85. The standard InChI is InChI=1S/C78H99Cl2N9O24S2/c1-7-8-9-10-11-12-13-22-114-115-23-14-21-83-78(5)33-56(108-36(4)69(78)99)112-68-66(98)65(97)54(34-90)111-77(68)113-67-52-28-40-29-53(67)110-51-20-17-39(27-45(51)80)64(96)62-75(105)87-60(76(106)107)43-30-41(91)31-49(93)57(43)42-25-37(15-18-48(42)92)58(72(102)89-62)86-73(103)59(40)85-71(101)47(32-55(81)94)84-74(104)61(88-70(100)46(82-6)24-35(2)3)63(95)38-16-19-50(109-52)44(79)26-38/h15-20,25-31,35-36,46-47,54,56,58-66,68-69,77,82-83,90-93,95-99H,7-14,21-24,32-34H2,1-6H3,(H2,81,94)(H,84,104)(H,85,101)(H,86,103)(H,87,105)(H,88,100)(H,89,102)(H,106,107)/t36-,46-,47+,54+,56+,58-,59-,60+,61-,62+,63-,64-,65+,66+,68+,69-,77-,78+/m1/s1. The van der Waals surface area contributed by atoms with Crippen LogP contribution in [0.4, 0.5) is 0 Å². The summed E-state index contributed by atoms with van der Waals surface area (Å²) in [4.78, 5) is 118. The molecule has 7 amide bonds. The van der Waals surface area contributed by atoms with Crippen LogP contribution in [0.25, 0.3) is 11.1 Å². The van der Waals surface area contributed by atoms with Gasteiger partial charge in [-0.25, -0.2) is 4.79 Å². The van der Waals surface area contributed by atoms with Crippen LogP contribution >= 0.6 is 44.8 Å². The summed E-state index contributed by atoms with van der Waals surface area (Å²) in [5.41, 5.74) is 1.89. The molecule has 11 bridgehead atoms. The Morgan fingerprint density at radius 1 is 0.687 bits per heavy atom. The number of rotatable bonds is 27. The molecule has 7 heterocycles. The lowest BCUT2D eigenvalue weighted by Gasteiger charge is -2.48. The zero-order chi connectivity index (χ0) is 83.4. The monoisotopic (exact) mass is 1680 g/mol. The van der Waals surface area contributed by atoms with Gasteiger partial charge >= 0.3 is 5.97 Å². The number of carboxylic acids is 1. The predicted molar refractivity (Wildman–Crippen MR) is 421 cm³/mol. The third-order valence-electron chi connectivity index (χ3n) is 20.6. The molecule has 115 heavy (non-hydrogen) atoms. The number of carbonyl (C=O) groups is 8. The number of likely N-dealkylation sites (N-methyl/N-ethyl adjacent to an activating group) is 1. The van der Waals surface area contributed by atoms with Crippen LogP contribution in [0.1, 0.15) is 163 Å². The molecule has 5 aromatic carbocycles. The fourth-order valence-corrected chi connectivity index (χ4v) is 17.1. The number of ether oxygens (including phenoxy) is 6. The minimum atomic E-state index is -2.35. The molecule has 626 valence electrons. The van der Waals surface area contributed by atoms with Crippen molar-refractivity contribution in [1.82, 2.24) is 42.5 Å². The summed E-state index contributed by atoms with van der Waals surface area (Å²) >= 11 is 14.3. The van der Waals surface area contributed by atoms with Gasteiger partial charge in [0.1, 0.15) is 89.5 Å². The second-order valence-electron chi connectivity index (χ2n) is 29.7. The molecule has 2 saturated heterocycles. The van der Waals surface area contributed by atoms with Crippen LogP contribution in [-0.4, -0.2) is 209 Å². The van der Waals surface area contributed by atoms with Crippen molar-refractivity contribution in [3.8, 4) is 57.1 Å². The number of hydrogen-bond donors (Lipinski definition) is 19. The summed E-state index contributed by atoms with van der Waals surface area (Å²) in [7, 11) is 5.05. The highest BCUT2D eigenvalue weighted by Crippen LogP contribution is 2.50. The molecular formula is C78H99Cl2N9O24S2. The average Bonchev–Trinajstić information content (AvgIpc) is 0.768. The lowest BCUT2D eigenvalue weighted by Crippen LogP contribution is -2.65. The molecule has 18 atom stereocenters. The number of fused-ring (bicyclic) bond motifs is 15.